The van der Waals surface area contributed by atoms with Crippen LogP contribution in [0.1, 0.15) is 11.3 Å². The van der Waals surface area contributed by atoms with E-state index in [0.29, 0.717) is 0 Å². The Kier molecular flexibility index (Phi) is 1.36. The van der Waals surface area contributed by atoms with Gasteiger partial charge in [0.15, 0.2) is 0 Å². The number of nitrogens with zero attached hydrogens (tertiary/aromatic N) is 2. The fraction of sp³-hybridized carbons (Fsp3) is 0.429. The first-order chi connectivity index (χ1) is 4.97. The maximum atomic E-state index is 4.00. The van der Waals surface area contributed by atoms with E-state index in [1.165, 1.54) is 5.56 Å². The van der Waals surface area contributed by atoms with Gasteiger partial charge in [0.2, 0.25) is 0 Å². The van der Waals surface area contributed by atoms with E-state index in [0.717, 1.165) is 25.2 Å². The Bertz CT molecular complexity index is 209. The maximum Gasteiger partial charge on any atom is 0.0694 e. The summed E-state index contributed by atoms with van der Waals surface area (Å²) in [6, 6.07) is 3.05. The molecule has 1 aromatic rings. The summed E-state index contributed by atoms with van der Waals surface area (Å²) >= 11 is 0. The number of nitrogens with one attached hydrogen (secondary N) is 1. The first-order valence-electron chi connectivity index (χ1n) is 3.38. The summed E-state index contributed by atoms with van der Waals surface area (Å²) in [7, 11) is 0. The van der Waals surface area contributed by atoms with Gasteiger partial charge in [0.05, 0.1) is 11.9 Å². The van der Waals surface area contributed by atoms with E-state index in [4.69, 9.17) is 0 Å². The Morgan fingerprint density at radius 1 is 1.60 bits per heavy atom. The molecule has 0 aliphatic carbocycles. The summed E-state index contributed by atoms with van der Waals surface area (Å²) in [5.74, 6) is 0. The van der Waals surface area contributed by atoms with Crippen molar-refractivity contribution in [3.05, 3.63) is 23.5 Å². The summed E-state index contributed by atoms with van der Waals surface area (Å²) in [4.78, 5) is 0. The smallest absolute Gasteiger partial charge is 0.0694 e. The van der Waals surface area contributed by atoms with Crippen LogP contribution in [0.25, 0.3) is 0 Å². The topological polar surface area (TPSA) is 37.8 Å². The molecular weight excluding hydrogens is 126 g/mol. The van der Waals surface area contributed by atoms with Gasteiger partial charge in [-0.3, -0.25) is 0 Å². The van der Waals surface area contributed by atoms with E-state index in [-0.39, 0.29) is 0 Å². The minimum absolute atomic E-state index is 0.894. The summed E-state index contributed by atoms with van der Waals surface area (Å²) in [6.07, 6.45) is 2.60. The highest BCUT2D eigenvalue weighted by atomic mass is 15.1. The molecule has 0 spiro atoms. The summed E-state index contributed by atoms with van der Waals surface area (Å²) in [5, 5.41) is 11.0. The zero-order valence-electron chi connectivity index (χ0n) is 5.59. The summed E-state index contributed by atoms with van der Waals surface area (Å²) in [5.41, 5.74) is 2.27. The van der Waals surface area contributed by atoms with Gasteiger partial charge < -0.3 is 5.32 Å². The Morgan fingerprint density at radius 3 is 3.50 bits per heavy atom. The van der Waals surface area contributed by atoms with E-state index in [9.17, 15) is 0 Å². The molecule has 1 aliphatic rings. The normalized spacial score (nSPS) is 16.4. The summed E-state index contributed by atoms with van der Waals surface area (Å²) < 4.78 is 0. The largest absolute Gasteiger partial charge is 0.312 e. The van der Waals surface area contributed by atoms with E-state index in [1.807, 2.05) is 0 Å². The average Bonchev–Trinajstić information content (AvgIpc) is 2.05. The third kappa shape index (κ3) is 0.885. The van der Waals surface area contributed by atoms with Crippen molar-refractivity contribution in [1.29, 1.82) is 0 Å². The van der Waals surface area contributed by atoms with Gasteiger partial charge in [0.25, 0.3) is 0 Å². The second-order valence-corrected chi connectivity index (χ2v) is 2.34. The van der Waals surface area contributed by atoms with Gasteiger partial charge in [0.1, 0.15) is 0 Å². The Morgan fingerprint density at radius 2 is 2.60 bits per heavy atom. The molecule has 3 nitrogen and oxygen atoms in total. The van der Waals surface area contributed by atoms with Crippen molar-refractivity contribution in [2.75, 3.05) is 6.54 Å². The van der Waals surface area contributed by atoms with Crippen LogP contribution in [0.5, 0.6) is 0 Å². The molecule has 0 fully saturated rings. The lowest BCUT2D eigenvalue weighted by molar-refractivity contribution is 0.619. The van der Waals surface area contributed by atoms with Crippen LogP contribution in [-0.4, -0.2) is 16.7 Å². The third-order valence-electron chi connectivity index (χ3n) is 1.66. The lowest BCUT2D eigenvalue weighted by Crippen LogP contribution is -2.24. The fourth-order valence-corrected chi connectivity index (χ4v) is 1.12. The highest BCUT2D eigenvalue weighted by Crippen LogP contribution is 2.06. The molecule has 2 heterocycles. The number of rotatable bonds is 0. The molecule has 3 heteroatoms. The van der Waals surface area contributed by atoms with Crippen LogP contribution in [0.4, 0.5) is 0 Å². The van der Waals surface area contributed by atoms with Crippen molar-refractivity contribution in [2.24, 2.45) is 0 Å². The predicted octanol–water partition coefficient (Wildman–Crippen LogP) is -0.0775. The molecule has 2 rings (SSSR count). The average molecular weight is 134 g/mol. The highest BCUT2D eigenvalue weighted by Gasteiger charge is 2.08. The highest BCUT2D eigenvalue weighted by molar-refractivity contribution is 5.18. The molecule has 1 aromatic heterocycles. The number of hydrogen-bond donors (Lipinski definition) is 1. The maximum absolute atomic E-state index is 4.00. The molecular formula is C7H8N3. The van der Waals surface area contributed by atoms with Gasteiger partial charge >= 0.3 is 0 Å². The quantitative estimate of drug-likeness (QED) is 0.539. The van der Waals surface area contributed by atoms with Crippen LogP contribution >= 0.6 is 0 Å². The molecule has 1 radical (unpaired) electrons. The van der Waals surface area contributed by atoms with Crippen LogP contribution in [0.15, 0.2) is 6.20 Å². The van der Waals surface area contributed by atoms with Gasteiger partial charge in [0, 0.05) is 25.6 Å². The van der Waals surface area contributed by atoms with Crippen LogP contribution in [0.2, 0.25) is 0 Å². The molecule has 0 bridgehead atoms. The van der Waals surface area contributed by atoms with Gasteiger partial charge in [-0.15, -0.1) is 0 Å². The van der Waals surface area contributed by atoms with Crippen molar-refractivity contribution >= 4 is 0 Å². The minimum atomic E-state index is 0.894. The predicted molar refractivity (Wildman–Crippen MR) is 36.3 cm³/mol. The van der Waals surface area contributed by atoms with Crippen LogP contribution in [0.3, 0.4) is 0 Å². The SMILES string of the molecule is [c]1cnnc2c1CNCC2. The molecule has 0 saturated carbocycles. The third-order valence-corrected chi connectivity index (χ3v) is 1.66. The molecule has 0 atom stereocenters. The standard InChI is InChI=1S/C7H8N3/c1-4-9-10-7-2-3-8-5-6(1)7/h4,8H,2-3,5H2. The van der Waals surface area contributed by atoms with Crippen molar-refractivity contribution in [2.45, 2.75) is 13.0 Å². The Hall–Kier alpha value is -0.960. The Labute approximate surface area is 59.5 Å². The number of hydrogen-bond acceptors (Lipinski definition) is 3. The van der Waals surface area contributed by atoms with Crippen molar-refractivity contribution in [3.8, 4) is 0 Å². The molecule has 0 unspecified atom stereocenters. The molecule has 0 saturated heterocycles. The first kappa shape index (κ1) is 5.80. The Balaban J connectivity index is 2.41. The number of fused-ring (bicyclic) bond motifs is 1. The van der Waals surface area contributed by atoms with Crippen LogP contribution in [0, 0.1) is 6.07 Å². The van der Waals surface area contributed by atoms with E-state index < -0.39 is 0 Å². The number of aromatic nitrogens is 2. The van der Waals surface area contributed by atoms with Gasteiger partial charge in [-0.05, 0) is 5.56 Å². The molecule has 0 amide bonds. The molecule has 0 aromatic carbocycles. The lowest BCUT2D eigenvalue weighted by atomic mass is 10.1. The van der Waals surface area contributed by atoms with Crippen molar-refractivity contribution in [1.82, 2.24) is 15.5 Å². The summed E-state index contributed by atoms with van der Waals surface area (Å²) in [6.45, 7) is 1.91. The van der Waals surface area contributed by atoms with Crippen molar-refractivity contribution in [3.63, 3.8) is 0 Å². The van der Waals surface area contributed by atoms with E-state index in [1.54, 1.807) is 6.20 Å². The lowest BCUT2D eigenvalue weighted by Gasteiger charge is -2.13. The van der Waals surface area contributed by atoms with E-state index >= 15 is 0 Å². The van der Waals surface area contributed by atoms with Gasteiger partial charge in [-0.1, -0.05) is 0 Å². The zero-order chi connectivity index (χ0) is 6.81. The second-order valence-electron chi connectivity index (χ2n) is 2.34. The van der Waals surface area contributed by atoms with E-state index in [2.05, 4.69) is 21.6 Å². The molecule has 1 aliphatic heterocycles. The zero-order valence-corrected chi connectivity index (χ0v) is 5.59. The van der Waals surface area contributed by atoms with Gasteiger partial charge in [-0.2, -0.15) is 10.2 Å². The van der Waals surface area contributed by atoms with Crippen LogP contribution < -0.4 is 5.32 Å². The molecule has 51 valence electrons. The van der Waals surface area contributed by atoms with Gasteiger partial charge in [-0.25, -0.2) is 0 Å². The molecule has 10 heavy (non-hydrogen) atoms. The first-order valence-corrected chi connectivity index (χ1v) is 3.38. The minimum Gasteiger partial charge on any atom is -0.312 e. The molecule has 1 N–H and O–H groups in total. The van der Waals surface area contributed by atoms with Crippen molar-refractivity contribution < 1.29 is 0 Å². The second kappa shape index (κ2) is 2.34. The monoisotopic (exact) mass is 134 g/mol. The van der Waals surface area contributed by atoms with Crippen LogP contribution in [-0.2, 0) is 13.0 Å². The fourth-order valence-electron chi connectivity index (χ4n) is 1.12.